The first-order valence-electron chi connectivity index (χ1n) is 11.4. The van der Waals surface area contributed by atoms with Crippen molar-refractivity contribution in [3.8, 4) is 11.4 Å². The lowest BCUT2D eigenvalue weighted by atomic mass is 10.1. The van der Waals surface area contributed by atoms with Crippen LogP contribution in [0.4, 0.5) is 5.82 Å². The van der Waals surface area contributed by atoms with Crippen LogP contribution >= 0.6 is 0 Å². The number of amides is 1. The average molecular weight is 491 g/mol. The highest BCUT2D eigenvalue weighted by molar-refractivity contribution is 5.85. The monoisotopic (exact) mass is 490 g/mol. The summed E-state index contributed by atoms with van der Waals surface area (Å²) in [6, 6.07) is 11.8. The van der Waals surface area contributed by atoms with Crippen molar-refractivity contribution >= 4 is 22.9 Å². The first-order valence-corrected chi connectivity index (χ1v) is 11.4. The molecule has 4 atom stereocenters. The van der Waals surface area contributed by atoms with Gasteiger partial charge in [0, 0.05) is 31.5 Å². The summed E-state index contributed by atoms with van der Waals surface area (Å²) < 4.78 is 7.26. The molecule has 5 N–H and O–H groups in total. The van der Waals surface area contributed by atoms with Crippen molar-refractivity contribution in [3.05, 3.63) is 66.2 Å². The Bertz CT molecular complexity index is 1380. The summed E-state index contributed by atoms with van der Waals surface area (Å²) in [6.07, 6.45) is -0.371. The number of anilines is 1. The number of hydrazine groups is 1. The third kappa shape index (κ3) is 4.50. The van der Waals surface area contributed by atoms with Gasteiger partial charge in [0.05, 0.1) is 6.33 Å². The van der Waals surface area contributed by atoms with Crippen LogP contribution in [0.3, 0.4) is 0 Å². The number of imidazole rings is 1. The number of nitrogens with zero attached hydrogens (tertiary/aromatic N) is 5. The van der Waals surface area contributed by atoms with Gasteiger partial charge >= 0.3 is 0 Å². The van der Waals surface area contributed by atoms with E-state index in [0.29, 0.717) is 34.9 Å². The number of fused-ring (bicyclic) bond motifs is 1. The predicted molar refractivity (Wildman–Crippen MR) is 130 cm³/mol. The average Bonchev–Trinajstić information content (AvgIpc) is 3.44. The van der Waals surface area contributed by atoms with Crippen LogP contribution < -0.4 is 16.2 Å². The number of benzene rings is 1. The van der Waals surface area contributed by atoms with Crippen LogP contribution in [0.15, 0.2) is 55.1 Å². The fourth-order valence-corrected chi connectivity index (χ4v) is 4.11. The molecule has 1 saturated heterocycles. The molecule has 3 aromatic heterocycles. The second-order valence-corrected chi connectivity index (χ2v) is 8.48. The molecule has 0 saturated carbocycles. The number of rotatable bonds is 7. The van der Waals surface area contributed by atoms with Gasteiger partial charge in [0.15, 0.2) is 35.1 Å². The van der Waals surface area contributed by atoms with Crippen molar-refractivity contribution in [3.63, 3.8) is 0 Å². The topological polar surface area (TPSA) is 159 Å². The van der Waals surface area contributed by atoms with Crippen LogP contribution in [0, 0.1) is 6.92 Å². The van der Waals surface area contributed by atoms with E-state index in [4.69, 9.17) is 14.7 Å². The zero-order chi connectivity index (χ0) is 25.2. The molecule has 5 rings (SSSR count). The molecule has 1 aliphatic rings. The lowest BCUT2D eigenvalue weighted by Crippen LogP contribution is -2.46. The Kier molecular flexibility index (Phi) is 6.57. The summed E-state index contributed by atoms with van der Waals surface area (Å²) in [6.45, 7) is 2.42. The number of pyridine rings is 1. The molecule has 1 aliphatic heterocycles. The fourth-order valence-electron chi connectivity index (χ4n) is 4.11. The molecular weight excluding hydrogens is 464 g/mol. The van der Waals surface area contributed by atoms with Crippen molar-refractivity contribution in [1.29, 1.82) is 0 Å². The Morgan fingerprint density at radius 3 is 2.69 bits per heavy atom. The number of ether oxygens (including phenoxy) is 1. The normalized spacial score (nSPS) is 21.6. The number of carbonyl (C=O) groups excluding carboxylic acids is 1. The Labute approximate surface area is 206 Å². The highest BCUT2D eigenvalue weighted by atomic mass is 16.6. The van der Waals surface area contributed by atoms with Crippen LogP contribution in [-0.4, -0.2) is 66.0 Å². The zero-order valence-corrected chi connectivity index (χ0v) is 19.7. The van der Waals surface area contributed by atoms with Gasteiger partial charge in [-0.1, -0.05) is 30.3 Å². The first-order chi connectivity index (χ1) is 17.5. The van der Waals surface area contributed by atoms with Crippen LogP contribution in [0.1, 0.15) is 17.4 Å². The first kappa shape index (κ1) is 23.8. The molecule has 36 heavy (non-hydrogen) atoms. The number of hydrogen-bond acceptors (Lipinski definition) is 10. The van der Waals surface area contributed by atoms with Crippen LogP contribution in [-0.2, 0) is 16.1 Å². The van der Waals surface area contributed by atoms with Gasteiger partial charge in [-0.3, -0.25) is 19.8 Å². The van der Waals surface area contributed by atoms with E-state index in [2.05, 4.69) is 26.1 Å². The number of aliphatic hydroxyl groups is 2. The summed E-state index contributed by atoms with van der Waals surface area (Å²) in [5, 5.41) is 24.5. The number of nitrogens with one attached hydrogen (secondary N) is 3. The number of hydrogen-bond donors (Lipinski definition) is 5. The predicted octanol–water partition coefficient (Wildman–Crippen LogP) is 0.679. The second kappa shape index (κ2) is 9.95. The molecule has 0 aliphatic carbocycles. The van der Waals surface area contributed by atoms with E-state index in [0.717, 1.165) is 11.1 Å². The smallest absolute Gasteiger partial charge is 0.266 e. The Morgan fingerprint density at radius 2 is 1.94 bits per heavy atom. The largest absolute Gasteiger partial charge is 0.387 e. The van der Waals surface area contributed by atoms with E-state index in [1.807, 2.05) is 43.3 Å². The highest BCUT2D eigenvalue weighted by Crippen LogP contribution is 2.33. The van der Waals surface area contributed by atoms with Crippen molar-refractivity contribution in [1.82, 2.24) is 35.4 Å². The summed E-state index contributed by atoms with van der Waals surface area (Å²) in [7, 11) is 1.51. The van der Waals surface area contributed by atoms with Gasteiger partial charge in [0.2, 0.25) is 0 Å². The minimum absolute atomic E-state index is 0.364. The van der Waals surface area contributed by atoms with Crippen LogP contribution in [0.2, 0.25) is 0 Å². The van der Waals surface area contributed by atoms with Crippen molar-refractivity contribution in [2.24, 2.45) is 0 Å². The zero-order valence-electron chi connectivity index (χ0n) is 19.7. The summed E-state index contributed by atoms with van der Waals surface area (Å²) >= 11 is 0. The molecule has 1 fully saturated rings. The van der Waals surface area contributed by atoms with Gasteiger partial charge < -0.3 is 20.3 Å². The Morgan fingerprint density at radius 1 is 1.14 bits per heavy atom. The highest BCUT2D eigenvalue weighted by Gasteiger charge is 2.47. The van der Waals surface area contributed by atoms with Gasteiger partial charge in [0.1, 0.15) is 12.2 Å². The molecule has 4 aromatic rings. The standard InChI is InChI=1S/C24H26N8O4/c1-13-8-15(11-26-9-13)20-29-21(27-10-14-6-4-3-5-7-14)16-22(30-20)32(12-28-16)24-18(34)17(33)19(36-24)23(35)31-25-2/h3-9,11-12,17-19,24-25,33-34H,10H2,1-2H3,(H,31,35)(H,27,29,30)/t17-,18+,19-,24+/m0/s1. The molecule has 0 spiro atoms. The second-order valence-electron chi connectivity index (χ2n) is 8.48. The Hall–Kier alpha value is -3.97. The molecule has 12 heteroatoms. The Balaban J connectivity index is 1.56. The van der Waals surface area contributed by atoms with E-state index in [9.17, 15) is 15.0 Å². The minimum atomic E-state index is -1.45. The van der Waals surface area contributed by atoms with E-state index in [-0.39, 0.29) is 0 Å². The van der Waals surface area contributed by atoms with Gasteiger partial charge in [0.25, 0.3) is 5.91 Å². The van der Waals surface area contributed by atoms with Crippen LogP contribution in [0.25, 0.3) is 22.6 Å². The quantitative estimate of drug-likeness (QED) is 0.233. The number of aromatic nitrogens is 5. The van der Waals surface area contributed by atoms with E-state index >= 15 is 0 Å². The third-order valence-electron chi connectivity index (χ3n) is 5.88. The van der Waals surface area contributed by atoms with Crippen LogP contribution in [0.5, 0.6) is 0 Å². The lowest BCUT2D eigenvalue weighted by molar-refractivity contribution is -0.138. The SMILES string of the molecule is CNNC(=O)[C@H]1O[C@@H](n2cnc3c(NCc4ccccc4)nc(-c4cncc(C)c4)nc32)[C@H](O)[C@@H]1O. The summed E-state index contributed by atoms with van der Waals surface area (Å²) in [4.78, 5) is 30.4. The molecule has 0 unspecified atom stereocenters. The fraction of sp³-hybridized carbons (Fsp3) is 0.292. The molecular formula is C24H26N8O4. The summed E-state index contributed by atoms with van der Waals surface area (Å²) in [5.74, 6) is 0.271. The van der Waals surface area contributed by atoms with Gasteiger partial charge in [-0.25, -0.2) is 20.4 Å². The number of aliphatic hydroxyl groups excluding tert-OH is 2. The van der Waals surface area contributed by atoms with Gasteiger partial charge in [-0.05, 0) is 24.1 Å². The van der Waals surface area contributed by atoms with Crippen molar-refractivity contribution < 1.29 is 19.7 Å². The number of carbonyl (C=O) groups is 1. The molecule has 186 valence electrons. The lowest BCUT2D eigenvalue weighted by Gasteiger charge is -2.17. The maximum atomic E-state index is 12.3. The molecule has 12 nitrogen and oxygen atoms in total. The van der Waals surface area contributed by atoms with Gasteiger partial charge in [-0.15, -0.1) is 0 Å². The van der Waals surface area contributed by atoms with Crippen molar-refractivity contribution in [2.75, 3.05) is 12.4 Å². The number of aryl methyl sites for hydroxylation is 1. The molecule has 4 heterocycles. The maximum Gasteiger partial charge on any atom is 0.266 e. The maximum absolute atomic E-state index is 12.3. The van der Waals surface area contributed by atoms with E-state index < -0.39 is 30.4 Å². The van der Waals surface area contributed by atoms with Gasteiger partial charge in [-0.2, -0.15) is 0 Å². The molecule has 0 bridgehead atoms. The molecule has 1 amide bonds. The molecule has 1 aromatic carbocycles. The van der Waals surface area contributed by atoms with E-state index in [1.54, 1.807) is 12.4 Å². The van der Waals surface area contributed by atoms with Crippen molar-refractivity contribution in [2.45, 2.75) is 38.0 Å². The molecule has 0 radical (unpaired) electrons. The minimum Gasteiger partial charge on any atom is -0.387 e. The third-order valence-corrected chi connectivity index (χ3v) is 5.88. The summed E-state index contributed by atoms with van der Waals surface area (Å²) in [5.41, 5.74) is 8.37. The van der Waals surface area contributed by atoms with E-state index in [1.165, 1.54) is 17.9 Å².